The van der Waals surface area contributed by atoms with Crippen molar-refractivity contribution in [2.24, 2.45) is 5.41 Å². The van der Waals surface area contributed by atoms with Crippen LogP contribution in [0.15, 0.2) is 12.1 Å². The Bertz CT molecular complexity index is 485. The molecule has 0 amide bonds. The molecule has 0 bridgehead atoms. The van der Waals surface area contributed by atoms with Gasteiger partial charge in [0.15, 0.2) is 0 Å². The second-order valence-corrected chi connectivity index (χ2v) is 7.51. The molecule has 1 aromatic carbocycles. The summed E-state index contributed by atoms with van der Waals surface area (Å²) in [5.74, 6) is 0. The molecule has 0 aromatic heterocycles. The Balaban J connectivity index is 1.99. The van der Waals surface area contributed by atoms with Gasteiger partial charge >= 0.3 is 0 Å². The van der Waals surface area contributed by atoms with E-state index < -0.39 is 0 Å². The van der Waals surface area contributed by atoms with Crippen molar-refractivity contribution in [2.75, 3.05) is 26.7 Å². The summed E-state index contributed by atoms with van der Waals surface area (Å²) in [6.07, 6.45) is 2.60. The van der Waals surface area contributed by atoms with E-state index in [2.05, 4.69) is 64.0 Å². The van der Waals surface area contributed by atoms with Crippen LogP contribution in [0.3, 0.4) is 0 Å². The van der Waals surface area contributed by atoms with Crippen LogP contribution in [0.5, 0.6) is 0 Å². The van der Waals surface area contributed by atoms with Crippen LogP contribution in [0.25, 0.3) is 0 Å². The molecule has 0 aliphatic carbocycles. The number of likely N-dealkylation sites (tertiary alicyclic amines) is 1. The fourth-order valence-electron chi connectivity index (χ4n) is 3.29. The Labute approximate surface area is 130 Å². The van der Waals surface area contributed by atoms with Crippen LogP contribution < -0.4 is 5.32 Å². The molecule has 0 spiro atoms. The normalized spacial score (nSPS) is 20.5. The molecule has 1 aliphatic heterocycles. The molecular weight excluding hydrogens is 256 g/mol. The average Bonchev–Trinajstić information content (AvgIpc) is 2.44. The second-order valence-electron chi connectivity index (χ2n) is 7.51. The number of hydrogen-bond donors (Lipinski definition) is 1. The van der Waals surface area contributed by atoms with Crippen molar-refractivity contribution in [2.45, 2.75) is 53.5 Å². The number of nitrogens with zero attached hydrogens (tertiary/aromatic N) is 1. The highest BCUT2D eigenvalue weighted by molar-refractivity contribution is 5.38. The van der Waals surface area contributed by atoms with Gasteiger partial charge in [0.2, 0.25) is 0 Å². The van der Waals surface area contributed by atoms with Crippen LogP contribution in [-0.4, -0.2) is 31.6 Å². The average molecular weight is 288 g/mol. The van der Waals surface area contributed by atoms with Gasteiger partial charge in [-0.25, -0.2) is 0 Å². The summed E-state index contributed by atoms with van der Waals surface area (Å²) in [6, 6.07) is 5.11. The minimum absolute atomic E-state index is 0.431. The summed E-state index contributed by atoms with van der Waals surface area (Å²) in [6.45, 7) is 15.0. The Morgan fingerprint density at radius 1 is 1.10 bits per heavy atom. The lowest BCUT2D eigenvalue weighted by atomic mass is 9.80. The topological polar surface area (TPSA) is 15.3 Å². The first-order valence-electron chi connectivity index (χ1n) is 8.30. The molecule has 1 saturated heterocycles. The fraction of sp³-hybridized carbons (Fsp3) is 0.684. The molecule has 1 aliphatic rings. The van der Waals surface area contributed by atoms with Crippen molar-refractivity contribution in [3.63, 3.8) is 0 Å². The van der Waals surface area contributed by atoms with E-state index in [4.69, 9.17) is 0 Å². The molecule has 1 heterocycles. The third-order valence-corrected chi connectivity index (χ3v) is 5.38. The van der Waals surface area contributed by atoms with Crippen molar-refractivity contribution in [3.8, 4) is 0 Å². The molecule has 118 valence electrons. The predicted octanol–water partition coefficient (Wildman–Crippen LogP) is 3.99. The molecule has 1 N–H and O–H groups in total. The number of rotatable bonds is 4. The number of hydrogen-bond acceptors (Lipinski definition) is 2. The van der Waals surface area contributed by atoms with Gasteiger partial charge in [-0.2, -0.15) is 0 Å². The monoisotopic (exact) mass is 288 g/mol. The number of aryl methyl sites for hydroxylation is 3. The summed E-state index contributed by atoms with van der Waals surface area (Å²) in [5, 5.41) is 3.79. The van der Waals surface area contributed by atoms with Crippen molar-refractivity contribution in [1.29, 1.82) is 0 Å². The molecule has 2 nitrogen and oxygen atoms in total. The number of piperidine rings is 1. The largest absolute Gasteiger partial charge is 0.310 e. The van der Waals surface area contributed by atoms with E-state index in [-0.39, 0.29) is 0 Å². The maximum absolute atomic E-state index is 3.79. The van der Waals surface area contributed by atoms with Gasteiger partial charge in [-0.15, -0.1) is 0 Å². The van der Waals surface area contributed by atoms with E-state index in [9.17, 15) is 0 Å². The van der Waals surface area contributed by atoms with Gasteiger partial charge in [0, 0.05) is 12.6 Å². The minimum Gasteiger partial charge on any atom is -0.310 e. The first-order chi connectivity index (χ1) is 9.81. The first-order valence-corrected chi connectivity index (χ1v) is 8.30. The lowest BCUT2D eigenvalue weighted by molar-refractivity contribution is 0.134. The Kier molecular flexibility index (Phi) is 5.11. The molecule has 0 saturated carbocycles. The van der Waals surface area contributed by atoms with Gasteiger partial charge in [-0.3, -0.25) is 0 Å². The zero-order valence-electron chi connectivity index (χ0n) is 14.7. The molecule has 0 radical (unpaired) electrons. The van der Waals surface area contributed by atoms with Gasteiger partial charge < -0.3 is 10.2 Å². The van der Waals surface area contributed by atoms with Crippen LogP contribution in [0.1, 0.15) is 55.0 Å². The maximum atomic E-state index is 3.79. The zero-order valence-corrected chi connectivity index (χ0v) is 14.7. The van der Waals surface area contributed by atoms with E-state index in [1.54, 1.807) is 0 Å². The molecule has 2 heteroatoms. The Hall–Kier alpha value is -0.860. The van der Waals surface area contributed by atoms with Gasteiger partial charge in [0.05, 0.1) is 0 Å². The quantitative estimate of drug-likeness (QED) is 0.901. The van der Waals surface area contributed by atoms with E-state index in [1.165, 1.54) is 48.2 Å². The molecule has 21 heavy (non-hydrogen) atoms. The van der Waals surface area contributed by atoms with Crippen LogP contribution in [0, 0.1) is 26.2 Å². The summed E-state index contributed by atoms with van der Waals surface area (Å²) in [7, 11) is 2.23. The number of benzene rings is 1. The minimum atomic E-state index is 0.431. The van der Waals surface area contributed by atoms with Gasteiger partial charge in [0.1, 0.15) is 0 Å². The van der Waals surface area contributed by atoms with E-state index in [1.807, 2.05) is 0 Å². The summed E-state index contributed by atoms with van der Waals surface area (Å²) >= 11 is 0. The van der Waals surface area contributed by atoms with Crippen LogP contribution in [0.4, 0.5) is 0 Å². The van der Waals surface area contributed by atoms with Crippen molar-refractivity contribution in [1.82, 2.24) is 10.2 Å². The van der Waals surface area contributed by atoms with Gasteiger partial charge in [-0.1, -0.05) is 19.1 Å². The molecule has 1 unspecified atom stereocenters. The van der Waals surface area contributed by atoms with Gasteiger partial charge in [0.25, 0.3) is 0 Å². The van der Waals surface area contributed by atoms with Crippen molar-refractivity contribution < 1.29 is 0 Å². The third-order valence-electron chi connectivity index (χ3n) is 5.38. The van der Waals surface area contributed by atoms with Crippen LogP contribution in [0.2, 0.25) is 0 Å². The molecular formula is C19H32N2. The first kappa shape index (κ1) is 16.5. The van der Waals surface area contributed by atoms with Gasteiger partial charge in [-0.05, 0) is 88.3 Å². The summed E-state index contributed by atoms with van der Waals surface area (Å²) < 4.78 is 0. The smallest absolute Gasteiger partial charge is 0.0294 e. The molecule has 2 rings (SSSR count). The highest BCUT2D eigenvalue weighted by atomic mass is 15.1. The standard InChI is InChI=1S/C19H32N2/c1-14-11-16(3)18(12-15(14)2)17(4)20-13-19(5)7-9-21(6)10-8-19/h11-12,17,20H,7-10,13H2,1-6H3. The maximum Gasteiger partial charge on any atom is 0.0294 e. The molecule has 1 aromatic rings. The van der Waals surface area contributed by atoms with E-state index >= 15 is 0 Å². The highest BCUT2D eigenvalue weighted by Crippen LogP contribution is 2.30. The SMILES string of the molecule is Cc1cc(C)c(C(C)NCC2(C)CCN(C)CC2)cc1C. The van der Waals surface area contributed by atoms with E-state index in [0.717, 1.165) is 6.54 Å². The molecule has 1 fully saturated rings. The predicted molar refractivity (Wildman–Crippen MR) is 91.9 cm³/mol. The number of nitrogens with one attached hydrogen (secondary N) is 1. The summed E-state index contributed by atoms with van der Waals surface area (Å²) in [4.78, 5) is 2.44. The fourth-order valence-corrected chi connectivity index (χ4v) is 3.29. The Morgan fingerprint density at radius 3 is 2.29 bits per heavy atom. The lowest BCUT2D eigenvalue weighted by Gasteiger charge is -2.39. The Morgan fingerprint density at radius 2 is 1.67 bits per heavy atom. The lowest BCUT2D eigenvalue weighted by Crippen LogP contribution is -2.42. The zero-order chi connectivity index (χ0) is 15.6. The van der Waals surface area contributed by atoms with Crippen molar-refractivity contribution >= 4 is 0 Å². The molecule has 1 atom stereocenters. The third kappa shape index (κ3) is 4.08. The summed E-state index contributed by atoms with van der Waals surface area (Å²) in [5.41, 5.74) is 6.11. The van der Waals surface area contributed by atoms with Crippen molar-refractivity contribution in [3.05, 3.63) is 34.4 Å². The van der Waals surface area contributed by atoms with Crippen LogP contribution >= 0.6 is 0 Å². The van der Waals surface area contributed by atoms with Crippen LogP contribution in [-0.2, 0) is 0 Å². The highest BCUT2D eigenvalue weighted by Gasteiger charge is 2.29. The second kappa shape index (κ2) is 6.50. The van der Waals surface area contributed by atoms with E-state index in [0.29, 0.717) is 11.5 Å².